The molecule has 2 aliphatic heterocycles. The first-order chi connectivity index (χ1) is 13.5. The number of aromatic nitrogens is 2. The molecule has 2 saturated heterocycles. The molecule has 1 aromatic carbocycles. The number of piperazine rings is 2. The van der Waals surface area contributed by atoms with Crippen LogP contribution in [-0.4, -0.2) is 96.0 Å². The zero-order chi connectivity index (χ0) is 19.6. The highest BCUT2D eigenvalue weighted by Gasteiger charge is 2.33. The van der Waals surface area contributed by atoms with Crippen LogP contribution < -0.4 is 0 Å². The third kappa shape index (κ3) is 4.28. The predicted octanol–water partition coefficient (Wildman–Crippen LogP) is 0.482. The summed E-state index contributed by atoms with van der Waals surface area (Å²) in [5.74, 6) is 0. The highest BCUT2D eigenvalue weighted by molar-refractivity contribution is 7.86. The lowest BCUT2D eigenvalue weighted by Gasteiger charge is -2.39. The van der Waals surface area contributed by atoms with Crippen molar-refractivity contribution < 1.29 is 8.42 Å². The maximum atomic E-state index is 12.9. The Morgan fingerprint density at radius 2 is 1.50 bits per heavy atom. The summed E-state index contributed by atoms with van der Waals surface area (Å²) in [6, 6.07) is 10.0. The molecule has 9 heteroatoms. The number of nitrogens with zero attached hydrogens (tertiary/aromatic N) is 6. The summed E-state index contributed by atoms with van der Waals surface area (Å²) < 4.78 is 30.9. The lowest BCUT2D eigenvalue weighted by atomic mass is 10.3. The van der Waals surface area contributed by atoms with Gasteiger partial charge in [-0.1, -0.05) is 18.2 Å². The van der Waals surface area contributed by atoms with E-state index in [1.807, 2.05) is 54.5 Å². The topological polar surface area (TPSA) is 64.9 Å². The van der Waals surface area contributed by atoms with Gasteiger partial charge in [-0.2, -0.15) is 22.1 Å². The molecule has 2 fully saturated rings. The van der Waals surface area contributed by atoms with Gasteiger partial charge in [-0.3, -0.25) is 4.90 Å². The van der Waals surface area contributed by atoms with Crippen LogP contribution in [0.5, 0.6) is 0 Å². The van der Waals surface area contributed by atoms with E-state index in [1.165, 1.54) is 0 Å². The van der Waals surface area contributed by atoms with E-state index in [1.54, 1.807) is 8.61 Å². The van der Waals surface area contributed by atoms with Crippen molar-refractivity contribution in [2.45, 2.75) is 6.54 Å². The number of benzene rings is 1. The van der Waals surface area contributed by atoms with Crippen LogP contribution in [0.4, 0.5) is 0 Å². The van der Waals surface area contributed by atoms with Gasteiger partial charge in [0.15, 0.2) is 0 Å². The van der Waals surface area contributed by atoms with Crippen molar-refractivity contribution in [3.8, 4) is 5.69 Å². The van der Waals surface area contributed by atoms with Gasteiger partial charge in [0.1, 0.15) is 0 Å². The molecular formula is C19H28N6O2S. The fourth-order valence-electron chi connectivity index (χ4n) is 3.72. The molecule has 0 saturated carbocycles. The van der Waals surface area contributed by atoms with E-state index in [0.29, 0.717) is 26.2 Å². The van der Waals surface area contributed by atoms with E-state index >= 15 is 0 Å². The zero-order valence-corrected chi connectivity index (χ0v) is 17.1. The molecule has 0 aliphatic carbocycles. The molecule has 2 aromatic rings. The van der Waals surface area contributed by atoms with Crippen molar-refractivity contribution in [2.24, 2.45) is 0 Å². The second-order valence-corrected chi connectivity index (χ2v) is 9.44. The summed E-state index contributed by atoms with van der Waals surface area (Å²) in [4.78, 5) is 4.46. The van der Waals surface area contributed by atoms with E-state index in [-0.39, 0.29) is 0 Å². The lowest BCUT2D eigenvalue weighted by Crippen LogP contribution is -2.56. The summed E-state index contributed by atoms with van der Waals surface area (Å²) in [7, 11) is -1.31. The molecule has 3 heterocycles. The third-order valence-corrected chi connectivity index (χ3v) is 7.54. The van der Waals surface area contributed by atoms with E-state index in [4.69, 9.17) is 0 Å². The van der Waals surface area contributed by atoms with Crippen LogP contribution in [0.15, 0.2) is 42.7 Å². The fourth-order valence-corrected chi connectivity index (χ4v) is 5.30. The molecule has 0 amide bonds. The molecule has 4 rings (SSSR count). The molecule has 0 spiro atoms. The Morgan fingerprint density at radius 3 is 2.14 bits per heavy atom. The van der Waals surface area contributed by atoms with Gasteiger partial charge in [-0.15, -0.1) is 0 Å². The molecule has 0 radical (unpaired) electrons. The van der Waals surface area contributed by atoms with Crippen molar-refractivity contribution >= 4 is 10.2 Å². The molecule has 0 bridgehead atoms. The lowest BCUT2D eigenvalue weighted by molar-refractivity contribution is 0.165. The number of rotatable bonds is 5. The van der Waals surface area contributed by atoms with Gasteiger partial charge in [0, 0.05) is 70.7 Å². The van der Waals surface area contributed by atoms with Crippen molar-refractivity contribution in [1.29, 1.82) is 0 Å². The second-order valence-electron chi connectivity index (χ2n) is 7.51. The molecule has 2 aliphatic rings. The van der Waals surface area contributed by atoms with Crippen molar-refractivity contribution in [2.75, 3.05) is 59.4 Å². The number of hydrogen-bond donors (Lipinski definition) is 0. The zero-order valence-electron chi connectivity index (χ0n) is 16.3. The van der Waals surface area contributed by atoms with Gasteiger partial charge in [0.2, 0.25) is 0 Å². The Morgan fingerprint density at radius 1 is 0.893 bits per heavy atom. The molecule has 0 N–H and O–H groups in total. The van der Waals surface area contributed by atoms with Crippen LogP contribution in [0.25, 0.3) is 5.69 Å². The predicted molar refractivity (Wildman–Crippen MR) is 108 cm³/mol. The third-order valence-electron chi connectivity index (χ3n) is 5.51. The van der Waals surface area contributed by atoms with E-state index in [0.717, 1.165) is 44.0 Å². The van der Waals surface area contributed by atoms with Crippen LogP contribution in [0.1, 0.15) is 5.56 Å². The van der Waals surface area contributed by atoms with Crippen molar-refractivity contribution in [3.63, 3.8) is 0 Å². The number of para-hydroxylation sites is 1. The first kappa shape index (κ1) is 19.5. The van der Waals surface area contributed by atoms with Crippen LogP contribution in [0.2, 0.25) is 0 Å². The fraction of sp³-hybridized carbons (Fsp3) is 0.526. The normalized spacial score (nSPS) is 21.2. The van der Waals surface area contributed by atoms with Gasteiger partial charge in [0.25, 0.3) is 10.2 Å². The van der Waals surface area contributed by atoms with Crippen LogP contribution in [0, 0.1) is 0 Å². The molecule has 8 nitrogen and oxygen atoms in total. The quantitative estimate of drug-likeness (QED) is 0.725. The largest absolute Gasteiger partial charge is 0.304 e. The Labute approximate surface area is 167 Å². The first-order valence-corrected chi connectivity index (χ1v) is 11.2. The number of hydrogen-bond acceptors (Lipinski definition) is 5. The average Bonchev–Trinajstić information content (AvgIpc) is 3.18. The van der Waals surface area contributed by atoms with Crippen LogP contribution >= 0.6 is 0 Å². The Balaban J connectivity index is 1.32. The van der Waals surface area contributed by atoms with Crippen LogP contribution in [-0.2, 0) is 16.8 Å². The van der Waals surface area contributed by atoms with E-state index in [2.05, 4.69) is 14.9 Å². The van der Waals surface area contributed by atoms with Gasteiger partial charge in [-0.05, 0) is 19.2 Å². The molecule has 0 unspecified atom stereocenters. The average molecular weight is 405 g/mol. The summed E-state index contributed by atoms with van der Waals surface area (Å²) in [6.07, 6.45) is 3.93. The standard InChI is InChI=1S/C19H28N6O2S/c1-21-7-11-23(12-8-21)28(26,27)24-13-9-22(10-14-24)16-18-15-20-25(17-18)19-5-3-2-4-6-19/h2-6,15,17H,7-14,16H2,1H3. The maximum absolute atomic E-state index is 12.9. The van der Waals surface area contributed by atoms with Crippen molar-refractivity contribution in [1.82, 2.24) is 28.2 Å². The highest BCUT2D eigenvalue weighted by Crippen LogP contribution is 2.16. The maximum Gasteiger partial charge on any atom is 0.282 e. The van der Waals surface area contributed by atoms with Gasteiger partial charge < -0.3 is 4.90 Å². The van der Waals surface area contributed by atoms with Crippen molar-refractivity contribution in [3.05, 3.63) is 48.3 Å². The number of likely N-dealkylation sites (N-methyl/N-ethyl adjacent to an activating group) is 1. The van der Waals surface area contributed by atoms with Gasteiger partial charge >= 0.3 is 0 Å². The Bertz CT molecular complexity index is 869. The van der Waals surface area contributed by atoms with E-state index in [9.17, 15) is 8.42 Å². The second kappa shape index (κ2) is 8.30. The first-order valence-electron chi connectivity index (χ1n) is 9.77. The SMILES string of the molecule is CN1CCN(S(=O)(=O)N2CCN(Cc3cnn(-c4ccccc4)c3)CC2)CC1. The summed E-state index contributed by atoms with van der Waals surface area (Å²) in [5.41, 5.74) is 2.18. The summed E-state index contributed by atoms with van der Waals surface area (Å²) in [6.45, 7) is 6.11. The van der Waals surface area contributed by atoms with Crippen LogP contribution in [0.3, 0.4) is 0 Å². The monoisotopic (exact) mass is 404 g/mol. The molecule has 152 valence electrons. The van der Waals surface area contributed by atoms with E-state index < -0.39 is 10.2 Å². The molecule has 1 aromatic heterocycles. The molecular weight excluding hydrogens is 376 g/mol. The minimum absolute atomic E-state index is 0.543. The van der Waals surface area contributed by atoms with Gasteiger partial charge in [-0.25, -0.2) is 4.68 Å². The summed E-state index contributed by atoms with van der Waals surface area (Å²) >= 11 is 0. The minimum Gasteiger partial charge on any atom is -0.304 e. The van der Waals surface area contributed by atoms with Gasteiger partial charge in [0.05, 0.1) is 11.9 Å². The summed E-state index contributed by atoms with van der Waals surface area (Å²) in [5, 5.41) is 4.45. The molecule has 28 heavy (non-hydrogen) atoms. The molecule has 0 atom stereocenters. The Kier molecular flexibility index (Phi) is 5.79. The highest BCUT2D eigenvalue weighted by atomic mass is 32.2. The smallest absolute Gasteiger partial charge is 0.282 e. The Hall–Kier alpha value is -1.78. The minimum atomic E-state index is -3.34.